The number of nitrogens with zero attached hydrogens (tertiary/aromatic N) is 1. The van der Waals surface area contributed by atoms with E-state index in [1.165, 1.54) is 16.4 Å². The highest BCUT2D eigenvalue weighted by Gasteiger charge is 2.21. The van der Waals surface area contributed by atoms with Crippen molar-refractivity contribution < 1.29 is 13.2 Å². The van der Waals surface area contributed by atoms with E-state index in [9.17, 15) is 8.42 Å². The predicted molar refractivity (Wildman–Crippen MR) is 87.7 cm³/mol. The molecular weight excluding hydrogens is 322 g/mol. The van der Waals surface area contributed by atoms with E-state index in [1.54, 1.807) is 19.2 Å². The molecule has 0 radical (unpaired) electrons. The van der Waals surface area contributed by atoms with Gasteiger partial charge in [0.2, 0.25) is 10.0 Å². The van der Waals surface area contributed by atoms with Crippen molar-refractivity contribution in [3.63, 3.8) is 0 Å². The number of rotatable bonds is 6. The van der Waals surface area contributed by atoms with Gasteiger partial charge in [0.05, 0.1) is 11.5 Å². The molecule has 0 aromatic heterocycles. The molecule has 2 rings (SSSR count). The van der Waals surface area contributed by atoms with Gasteiger partial charge in [-0.25, -0.2) is 8.42 Å². The van der Waals surface area contributed by atoms with Crippen molar-refractivity contribution in [2.24, 2.45) is 0 Å². The fourth-order valence-electron chi connectivity index (χ4n) is 2.01. The molecule has 2 aromatic carbocycles. The van der Waals surface area contributed by atoms with Crippen molar-refractivity contribution in [1.29, 1.82) is 0 Å². The molecule has 0 spiro atoms. The molecule has 4 nitrogen and oxygen atoms in total. The molecule has 2 aromatic rings. The smallest absolute Gasteiger partial charge is 0.243 e. The quantitative estimate of drug-likeness (QED) is 0.808. The minimum absolute atomic E-state index is 0.188. The molecule has 0 heterocycles. The first-order valence-corrected chi connectivity index (χ1v) is 8.69. The van der Waals surface area contributed by atoms with E-state index < -0.39 is 10.0 Å². The van der Waals surface area contributed by atoms with Gasteiger partial charge < -0.3 is 4.74 Å². The summed E-state index contributed by atoms with van der Waals surface area (Å²) in [7, 11) is -2.01. The lowest BCUT2D eigenvalue weighted by molar-refractivity contribution is 0.340. The Balaban J connectivity index is 2.15. The largest absolute Gasteiger partial charge is 0.494 e. The van der Waals surface area contributed by atoms with E-state index in [2.05, 4.69) is 0 Å². The van der Waals surface area contributed by atoms with Gasteiger partial charge in [0.25, 0.3) is 0 Å². The Kier molecular flexibility index (Phi) is 5.45. The van der Waals surface area contributed by atoms with E-state index in [0.29, 0.717) is 11.6 Å². The van der Waals surface area contributed by atoms with E-state index in [-0.39, 0.29) is 11.4 Å². The summed E-state index contributed by atoms with van der Waals surface area (Å²) in [6.07, 6.45) is 0. The van der Waals surface area contributed by atoms with Crippen LogP contribution in [0, 0.1) is 0 Å². The van der Waals surface area contributed by atoms with Crippen molar-refractivity contribution in [3.05, 3.63) is 59.1 Å². The number of hydrogen-bond acceptors (Lipinski definition) is 3. The van der Waals surface area contributed by atoms with Crippen LogP contribution >= 0.6 is 11.6 Å². The van der Waals surface area contributed by atoms with Gasteiger partial charge in [-0.1, -0.05) is 29.8 Å². The van der Waals surface area contributed by atoms with Gasteiger partial charge >= 0.3 is 0 Å². The Hall–Kier alpha value is -1.56. The lowest BCUT2D eigenvalue weighted by Gasteiger charge is -2.17. The summed E-state index contributed by atoms with van der Waals surface area (Å²) in [6.45, 7) is 2.79. The van der Waals surface area contributed by atoms with Crippen LogP contribution < -0.4 is 4.74 Å². The molecule has 0 saturated carbocycles. The van der Waals surface area contributed by atoms with Gasteiger partial charge in [-0.15, -0.1) is 0 Å². The third-order valence-corrected chi connectivity index (χ3v) is 5.18. The summed E-state index contributed by atoms with van der Waals surface area (Å²) in [4.78, 5) is 0.188. The van der Waals surface area contributed by atoms with Crippen LogP contribution in [0.25, 0.3) is 0 Å². The number of ether oxygens (including phenoxy) is 1. The maximum atomic E-state index is 12.5. The van der Waals surface area contributed by atoms with Crippen molar-refractivity contribution in [2.75, 3.05) is 13.7 Å². The highest BCUT2D eigenvalue weighted by atomic mass is 35.5. The third kappa shape index (κ3) is 4.00. The molecule has 6 heteroatoms. The number of hydrogen-bond donors (Lipinski definition) is 0. The molecule has 0 aliphatic carbocycles. The predicted octanol–water partition coefficient (Wildman–Crippen LogP) is 3.56. The van der Waals surface area contributed by atoms with Crippen LogP contribution in [0.5, 0.6) is 5.75 Å². The molecule has 0 unspecified atom stereocenters. The van der Waals surface area contributed by atoms with Crippen LogP contribution in [0.3, 0.4) is 0 Å². The third-order valence-electron chi connectivity index (χ3n) is 3.14. The Labute approximate surface area is 136 Å². The number of halogens is 1. The zero-order valence-corrected chi connectivity index (χ0v) is 14.1. The SMILES string of the molecule is CCOc1ccc(CN(C)S(=O)(=O)c2cccc(Cl)c2)cc1. The maximum absolute atomic E-state index is 12.5. The van der Waals surface area contributed by atoms with Crippen LogP contribution in [-0.4, -0.2) is 26.4 Å². The Morgan fingerprint density at radius 1 is 1.14 bits per heavy atom. The molecule has 0 atom stereocenters. The molecule has 0 aliphatic rings. The zero-order chi connectivity index (χ0) is 16.2. The minimum Gasteiger partial charge on any atom is -0.494 e. The molecule has 0 saturated heterocycles. The molecule has 0 N–H and O–H groups in total. The van der Waals surface area contributed by atoms with Crippen molar-refractivity contribution in [1.82, 2.24) is 4.31 Å². The highest BCUT2D eigenvalue weighted by molar-refractivity contribution is 7.89. The Morgan fingerprint density at radius 2 is 1.82 bits per heavy atom. The Morgan fingerprint density at radius 3 is 2.41 bits per heavy atom. The lowest BCUT2D eigenvalue weighted by Crippen LogP contribution is -2.26. The normalized spacial score (nSPS) is 11.6. The molecule has 0 fully saturated rings. The van der Waals surface area contributed by atoms with E-state index >= 15 is 0 Å². The van der Waals surface area contributed by atoms with Gasteiger partial charge in [0, 0.05) is 18.6 Å². The lowest BCUT2D eigenvalue weighted by atomic mass is 10.2. The second-order valence-corrected chi connectivity index (χ2v) is 7.28. The molecular formula is C16H18ClNO3S. The topological polar surface area (TPSA) is 46.6 Å². The monoisotopic (exact) mass is 339 g/mol. The van der Waals surface area contributed by atoms with Crippen molar-refractivity contribution in [3.8, 4) is 5.75 Å². The first-order valence-electron chi connectivity index (χ1n) is 6.87. The average molecular weight is 340 g/mol. The first kappa shape index (κ1) is 16.8. The van der Waals surface area contributed by atoms with Crippen LogP contribution in [0.1, 0.15) is 12.5 Å². The molecule has 0 aliphatic heterocycles. The summed E-state index contributed by atoms with van der Waals surface area (Å²) in [5, 5.41) is 0.399. The van der Waals surface area contributed by atoms with Crippen LogP contribution in [-0.2, 0) is 16.6 Å². The molecule has 0 bridgehead atoms. The number of sulfonamides is 1. The van der Waals surface area contributed by atoms with Crippen LogP contribution in [0.2, 0.25) is 5.02 Å². The zero-order valence-electron chi connectivity index (χ0n) is 12.5. The van der Waals surface area contributed by atoms with Crippen LogP contribution in [0.15, 0.2) is 53.4 Å². The number of benzene rings is 2. The van der Waals surface area contributed by atoms with Crippen LogP contribution in [0.4, 0.5) is 0 Å². The molecule has 22 heavy (non-hydrogen) atoms. The summed E-state index contributed by atoms with van der Waals surface area (Å²) in [6, 6.07) is 13.6. The summed E-state index contributed by atoms with van der Waals surface area (Å²) in [5.74, 6) is 0.770. The van der Waals surface area contributed by atoms with E-state index in [4.69, 9.17) is 16.3 Å². The van der Waals surface area contributed by atoms with Crippen molar-refractivity contribution in [2.45, 2.75) is 18.4 Å². The van der Waals surface area contributed by atoms with Gasteiger partial charge in [-0.2, -0.15) is 4.31 Å². The summed E-state index contributed by atoms with van der Waals surface area (Å²) in [5.41, 5.74) is 0.886. The van der Waals surface area contributed by atoms with Gasteiger partial charge in [-0.3, -0.25) is 0 Å². The minimum atomic E-state index is -3.56. The summed E-state index contributed by atoms with van der Waals surface area (Å²) < 4.78 is 31.7. The standard InChI is InChI=1S/C16H18ClNO3S/c1-3-21-15-9-7-13(8-10-15)12-18(2)22(19,20)16-6-4-5-14(17)11-16/h4-11H,3,12H2,1-2H3. The van der Waals surface area contributed by atoms with Crippen molar-refractivity contribution >= 4 is 21.6 Å². The fraction of sp³-hybridized carbons (Fsp3) is 0.250. The highest BCUT2D eigenvalue weighted by Crippen LogP contribution is 2.21. The average Bonchev–Trinajstić information content (AvgIpc) is 2.49. The Bertz CT molecular complexity index is 729. The van der Waals surface area contributed by atoms with Gasteiger partial charge in [0.15, 0.2) is 0 Å². The fourth-order valence-corrected chi connectivity index (χ4v) is 3.47. The van der Waals surface area contributed by atoms with Gasteiger partial charge in [-0.05, 0) is 42.8 Å². The summed E-state index contributed by atoms with van der Waals surface area (Å²) >= 11 is 5.87. The van der Waals surface area contributed by atoms with E-state index in [1.807, 2.05) is 31.2 Å². The molecule has 118 valence electrons. The van der Waals surface area contributed by atoms with E-state index in [0.717, 1.165) is 11.3 Å². The second kappa shape index (κ2) is 7.13. The van der Waals surface area contributed by atoms with Gasteiger partial charge in [0.1, 0.15) is 5.75 Å². The maximum Gasteiger partial charge on any atom is 0.243 e. The molecule has 0 amide bonds. The first-order chi connectivity index (χ1) is 10.4. The second-order valence-electron chi connectivity index (χ2n) is 4.80.